The van der Waals surface area contributed by atoms with Crippen LogP contribution in [0.1, 0.15) is 26.2 Å². The fourth-order valence-corrected chi connectivity index (χ4v) is 1.04. The second-order valence-electron chi connectivity index (χ2n) is 2.44. The van der Waals surface area contributed by atoms with Gasteiger partial charge in [0.2, 0.25) is 0 Å². The molecular weight excluding hydrogens is 120 g/mol. The maximum atomic E-state index is 3.31. The van der Waals surface area contributed by atoms with Crippen LogP contribution in [-0.2, 0) is 0 Å². The Morgan fingerprint density at radius 1 is 1.40 bits per heavy atom. The van der Waals surface area contributed by atoms with Gasteiger partial charge in [0, 0.05) is 0 Å². The first-order valence-corrected chi connectivity index (χ1v) is 3.82. The smallest absolute Gasteiger partial charge is 0.0270 e. The van der Waals surface area contributed by atoms with Gasteiger partial charge in [-0.1, -0.05) is 24.3 Å². The van der Waals surface area contributed by atoms with E-state index in [9.17, 15) is 0 Å². The van der Waals surface area contributed by atoms with Crippen molar-refractivity contribution in [3.05, 3.63) is 36.0 Å². The lowest BCUT2D eigenvalue weighted by Gasteiger charge is -1.86. The van der Waals surface area contributed by atoms with E-state index in [0.29, 0.717) is 0 Å². The van der Waals surface area contributed by atoms with Crippen molar-refractivity contribution >= 4 is 0 Å². The third-order valence-electron chi connectivity index (χ3n) is 1.58. The van der Waals surface area contributed by atoms with Gasteiger partial charge in [0.25, 0.3) is 0 Å². The number of hydrogen-bond acceptors (Lipinski definition) is 0. The Balaban J connectivity index is 2.36. The molecule has 0 saturated carbocycles. The molecule has 0 aromatic rings. The normalized spacial score (nSPS) is 19.1. The van der Waals surface area contributed by atoms with Gasteiger partial charge in [0.1, 0.15) is 0 Å². The summed E-state index contributed by atoms with van der Waals surface area (Å²) in [5.74, 6) is 0. The molecule has 10 heavy (non-hydrogen) atoms. The highest BCUT2D eigenvalue weighted by atomic mass is 14.0. The summed E-state index contributed by atoms with van der Waals surface area (Å²) in [6, 6.07) is 0. The monoisotopic (exact) mass is 133 g/mol. The van der Waals surface area contributed by atoms with E-state index in [1.165, 1.54) is 18.4 Å². The summed E-state index contributed by atoms with van der Waals surface area (Å²) in [7, 11) is 0. The maximum absolute atomic E-state index is 3.31. The molecule has 0 saturated heterocycles. The zero-order chi connectivity index (χ0) is 7.23. The Morgan fingerprint density at radius 2 is 2.30 bits per heavy atom. The summed E-state index contributed by atoms with van der Waals surface area (Å²) >= 11 is 0. The molecule has 0 fully saturated rings. The van der Waals surface area contributed by atoms with E-state index in [4.69, 9.17) is 0 Å². The quantitative estimate of drug-likeness (QED) is 0.508. The van der Waals surface area contributed by atoms with Crippen molar-refractivity contribution in [3.63, 3.8) is 0 Å². The van der Waals surface area contributed by atoms with Gasteiger partial charge in [-0.15, -0.1) is 0 Å². The van der Waals surface area contributed by atoms with Gasteiger partial charge < -0.3 is 0 Å². The van der Waals surface area contributed by atoms with Crippen molar-refractivity contribution in [2.45, 2.75) is 26.2 Å². The van der Waals surface area contributed by atoms with Gasteiger partial charge in [0.15, 0.2) is 0 Å². The average molecular weight is 133 g/mol. The molecule has 0 atom stereocenters. The van der Waals surface area contributed by atoms with Gasteiger partial charge in [-0.25, -0.2) is 0 Å². The van der Waals surface area contributed by atoms with Crippen LogP contribution in [-0.4, -0.2) is 0 Å². The lowest BCUT2D eigenvalue weighted by atomic mass is 10.2. The van der Waals surface area contributed by atoms with Crippen LogP contribution in [0.3, 0.4) is 0 Å². The van der Waals surface area contributed by atoms with E-state index >= 15 is 0 Å². The third kappa shape index (κ3) is 2.22. The second-order valence-corrected chi connectivity index (χ2v) is 2.44. The van der Waals surface area contributed by atoms with Crippen LogP contribution in [0.5, 0.6) is 0 Å². The van der Waals surface area contributed by atoms with Crippen LogP contribution >= 0.6 is 0 Å². The number of allylic oxidation sites excluding steroid dienone is 6. The Hall–Kier alpha value is -0.780. The molecule has 1 radical (unpaired) electrons. The van der Waals surface area contributed by atoms with Crippen molar-refractivity contribution < 1.29 is 0 Å². The molecule has 0 spiro atoms. The van der Waals surface area contributed by atoms with E-state index in [0.717, 1.165) is 6.42 Å². The van der Waals surface area contributed by atoms with Gasteiger partial charge in [-0.2, -0.15) is 0 Å². The molecule has 0 aromatic carbocycles. The highest BCUT2D eigenvalue weighted by Crippen LogP contribution is 2.17. The summed E-state index contributed by atoms with van der Waals surface area (Å²) in [4.78, 5) is 0. The van der Waals surface area contributed by atoms with Gasteiger partial charge in [0.05, 0.1) is 0 Å². The first kappa shape index (κ1) is 7.33. The summed E-state index contributed by atoms with van der Waals surface area (Å²) in [5, 5.41) is 0. The molecule has 0 aromatic heterocycles. The Morgan fingerprint density at radius 3 is 2.90 bits per heavy atom. The van der Waals surface area contributed by atoms with Crippen LogP contribution in [0.15, 0.2) is 29.9 Å². The van der Waals surface area contributed by atoms with Crippen molar-refractivity contribution in [1.82, 2.24) is 0 Å². The van der Waals surface area contributed by atoms with E-state index in [1.54, 1.807) is 0 Å². The highest BCUT2D eigenvalue weighted by Gasteiger charge is 1.99. The van der Waals surface area contributed by atoms with Crippen LogP contribution < -0.4 is 0 Å². The van der Waals surface area contributed by atoms with Gasteiger partial charge in [-0.3, -0.25) is 0 Å². The molecule has 0 heteroatoms. The largest absolute Gasteiger partial charge is 0.0877 e. The molecule has 0 heterocycles. The summed E-state index contributed by atoms with van der Waals surface area (Å²) in [6.45, 7) is 2.02. The van der Waals surface area contributed by atoms with Crippen LogP contribution in [0.25, 0.3) is 0 Å². The van der Waals surface area contributed by atoms with Crippen molar-refractivity contribution in [3.8, 4) is 0 Å². The number of hydrogen-bond donors (Lipinski definition) is 0. The Labute approximate surface area is 62.9 Å². The molecule has 53 valence electrons. The molecule has 0 unspecified atom stereocenters. The van der Waals surface area contributed by atoms with Crippen LogP contribution in [0, 0.1) is 6.08 Å². The fourth-order valence-electron chi connectivity index (χ4n) is 1.04. The minimum absolute atomic E-state index is 1.15. The highest BCUT2D eigenvalue weighted by molar-refractivity contribution is 5.21. The Bertz CT molecular complexity index is 170. The summed E-state index contributed by atoms with van der Waals surface area (Å²) in [5.41, 5.74) is 1.37. The average Bonchev–Trinajstić information content (AvgIpc) is 2.41. The van der Waals surface area contributed by atoms with Crippen LogP contribution in [0.4, 0.5) is 0 Å². The minimum atomic E-state index is 1.15. The zero-order valence-electron chi connectivity index (χ0n) is 6.43. The molecule has 0 amide bonds. The standard InChI is InChI=1S/C10H13/c1-2-3-4-7-10-8-5-6-9-10/h2-4,7H,5-6,8H2,1H3. The van der Waals surface area contributed by atoms with Gasteiger partial charge >= 0.3 is 0 Å². The molecular formula is C10H13. The predicted molar refractivity (Wildman–Crippen MR) is 44.6 cm³/mol. The molecule has 1 aliphatic carbocycles. The fraction of sp³-hybridized carbons (Fsp3) is 0.400. The second kappa shape index (κ2) is 4.10. The van der Waals surface area contributed by atoms with E-state index in [2.05, 4.69) is 18.2 Å². The first-order valence-electron chi connectivity index (χ1n) is 3.82. The number of rotatable bonds is 2. The Kier molecular flexibility index (Phi) is 3.01. The molecule has 1 aliphatic rings. The summed E-state index contributed by atoms with van der Waals surface area (Å²) in [6.07, 6.45) is 15.3. The van der Waals surface area contributed by atoms with Crippen molar-refractivity contribution in [2.24, 2.45) is 0 Å². The predicted octanol–water partition coefficient (Wildman–Crippen LogP) is 3.03. The first-order chi connectivity index (χ1) is 4.93. The van der Waals surface area contributed by atoms with E-state index in [-0.39, 0.29) is 0 Å². The van der Waals surface area contributed by atoms with E-state index in [1.807, 2.05) is 19.1 Å². The topological polar surface area (TPSA) is 0 Å². The molecule has 0 bridgehead atoms. The molecule has 1 rings (SSSR count). The maximum Gasteiger partial charge on any atom is -0.0270 e. The molecule has 0 aliphatic heterocycles. The van der Waals surface area contributed by atoms with E-state index < -0.39 is 0 Å². The lowest BCUT2D eigenvalue weighted by molar-refractivity contribution is 0.910. The van der Waals surface area contributed by atoms with Gasteiger partial charge in [-0.05, 0) is 37.8 Å². The summed E-state index contributed by atoms with van der Waals surface area (Å²) < 4.78 is 0. The molecule has 0 N–H and O–H groups in total. The van der Waals surface area contributed by atoms with Crippen molar-refractivity contribution in [1.29, 1.82) is 0 Å². The SMILES string of the molecule is CC=CC=CC1=[C]CCC1. The third-order valence-corrected chi connectivity index (χ3v) is 1.58. The van der Waals surface area contributed by atoms with Crippen molar-refractivity contribution in [2.75, 3.05) is 0 Å². The molecule has 0 nitrogen and oxygen atoms in total. The zero-order valence-corrected chi connectivity index (χ0v) is 6.43. The van der Waals surface area contributed by atoms with Crippen LogP contribution in [0.2, 0.25) is 0 Å². The lowest BCUT2D eigenvalue weighted by Crippen LogP contribution is -1.66. The minimum Gasteiger partial charge on any atom is -0.0877 e.